The van der Waals surface area contributed by atoms with E-state index in [1.165, 1.54) is 16.7 Å². The van der Waals surface area contributed by atoms with Gasteiger partial charge in [0, 0.05) is 17.9 Å². The number of fused-ring (bicyclic) bond motifs is 2. The van der Waals surface area contributed by atoms with Gasteiger partial charge >= 0.3 is 0 Å². The number of aliphatic hydroxyl groups is 1. The number of rotatable bonds is 5. The van der Waals surface area contributed by atoms with E-state index in [1.807, 2.05) is 4.90 Å². The Hall–Kier alpha value is -1.78. The van der Waals surface area contributed by atoms with Crippen LogP contribution in [0, 0.1) is 11.3 Å². The summed E-state index contributed by atoms with van der Waals surface area (Å²) in [5.74, 6) is 0.923. The quantitative estimate of drug-likeness (QED) is 0.753. The molecule has 3 rings (SSSR count). The molecule has 1 unspecified atom stereocenters. The normalized spacial score (nSPS) is 21.8. The Labute approximate surface area is 166 Å². The Morgan fingerprint density at radius 2 is 2.11 bits per heavy atom. The predicted octanol–water partition coefficient (Wildman–Crippen LogP) is 4.64. The minimum Gasteiger partial charge on any atom is -0.396 e. The van der Waals surface area contributed by atoms with E-state index >= 15 is 0 Å². The number of carbonyl (C=O) groups excluding carboxylic acids is 1. The lowest BCUT2D eigenvalue weighted by Crippen LogP contribution is -2.40. The summed E-state index contributed by atoms with van der Waals surface area (Å²) in [6, 6.07) is 8.51. The van der Waals surface area contributed by atoms with Crippen LogP contribution in [-0.4, -0.2) is 34.8 Å². The lowest BCUT2D eigenvalue weighted by atomic mass is 9.66. The molecule has 1 heterocycles. The molecule has 0 radical (unpaired) electrons. The second kappa shape index (κ2) is 8.07. The van der Waals surface area contributed by atoms with Crippen LogP contribution in [0.1, 0.15) is 38.3 Å². The Kier molecular flexibility index (Phi) is 5.97. The average molecular weight is 384 g/mol. The summed E-state index contributed by atoms with van der Waals surface area (Å²) in [5.41, 5.74) is 4.47. The average Bonchev–Trinajstić information content (AvgIpc) is 2.63. The first kappa shape index (κ1) is 20.0. The standard InChI is InChI=1S/C23H29NO2S/c1-5-12-24-19(27-14-13-25)11-10-16(2)20-18-9-7-6-8-17(18)15-23(3,4)21(20)22(24)26/h5-9,11,16,25H,1,10,12-15H2,2-4H3. The maximum absolute atomic E-state index is 13.8. The summed E-state index contributed by atoms with van der Waals surface area (Å²) in [7, 11) is 0. The van der Waals surface area contributed by atoms with Crippen LogP contribution in [0.25, 0.3) is 5.57 Å². The molecule has 3 nitrogen and oxygen atoms in total. The largest absolute Gasteiger partial charge is 0.396 e. The Morgan fingerprint density at radius 3 is 2.81 bits per heavy atom. The molecule has 1 aromatic rings. The highest BCUT2D eigenvalue weighted by Crippen LogP contribution is 2.48. The number of thioether (sulfide) groups is 1. The third kappa shape index (κ3) is 3.78. The first-order valence-electron chi connectivity index (χ1n) is 9.60. The van der Waals surface area contributed by atoms with Gasteiger partial charge in [0.15, 0.2) is 0 Å². The third-order valence-corrected chi connectivity index (χ3v) is 6.47. The minimum absolute atomic E-state index is 0.0765. The van der Waals surface area contributed by atoms with Crippen molar-refractivity contribution in [2.24, 2.45) is 11.3 Å². The number of aliphatic hydroxyl groups excluding tert-OH is 1. The van der Waals surface area contributed by atoms with Gasteiger partial charge in [0.05, 0.1) is 11.6 Å². The summed E-state index contributed by atoms with van der Waals surface area (Å²) in [4.78, 5) is 15.6. The van der Waals surface area contributed by atoms with Crippen molar-refractivity contribution in [1.29, 1.82) is 0 Å². The fraction of sp³-hybridized carbons (Fsp3) is 0.435. The van der Waals surface area contributed by atoms with E-state index in [-0.39, 0.29) is 23.8 Å². The van der Waals surface area contributed by atoms with Gasteiger partial charge in [-0.2, -0.15) is 0 Å². The number of amides is 1. The molecule has 1 aliphatic carbocycles. The Balaban J connectivity index is 2.17. The van der Waals surface area contributed by atoms with Crippen LogP contribution in [0.15, 0.2) is 53.6 Å². The molecule has 1 amide bonds. The van der Waals surface area contributed by atoms with Gasteiger partial charge in [0.1, 0.15) is 0 Å². The number of nitrogens with zero attached hydrogens (tertiary/aromatic N) is 1. The van der Waals surface area contributed by atoms with Gasteiger partial charge in [0.2, 0.25) is 0 Å². The summed E-state index contributed by atoms with van der Waals surface area (Å²) in [5, 5.41) is 10.2. The molecule has 0 saturated heterocycles. The van der Waals surface area contributed by atoms with Crippen LogP contribution in [0.2, 0.25) is 0 Å². The van der Waals surface area contributed by atoms with E-state index in [0.717, 1.165) is 23.4 Å². The molecule has 0 saturated carbocycles. The van der Waals surface area contributed by atoms with Crippen molar-refractivity contribution in [3.8, 4) is 0 Å². The molecular weight excluding hydrogens is 354 g/mol. The monoisotopic (exact) mass is 383 g/mol. The van der Waals surface area contributed by atoms with Crippen molar-refractivity contribution < 1.29 is 9.90 Å². The third-order valence-electron chi connectivity index (χ3n) is 5.40. The number of allylic oxidation sites excluding steroid dienone is 2. The maximum atomic E-state index is 13.8. The maximum Gasteiger partial charge on any atom is 0.255 e. The van der Waals surface area contributed by atoms with E-state index in [1.54, 1.807) is 17.8 Å². The van der Waals surface area contributed by atoms with Gasteiger partial charge < -0.3 is 5.11 Å². The van der Waals surface area contributed by atoms with Crippen LogP contribution in [0.3, 0.4) is 0 Å². The zero-order valence-electron chi connectivity index (χ0n) is 16.5. The van der Waals surface area contributed by atoms with Crippen LogP contribution in [0.5, 0.6) is 0 Å². The topological polar surface area (TPSA) is 40.5 Å². The summed E-state index contributed by atoms with van der Waals surface area (Å²) in [6.45, 7) is 11.0. The van der Waals surface area contributed by atoms with Crippen molar-refractivity contribution in [2.75, 3.05) is 18.9 Å². The van der Waals surface area contributed by atoms with Crippen LogP contribution < -0.4 is 0 Å². The van der Waals surface area contributed by atoms with Gasteiger partial charge in [0.25, 0.3) is 5.91 Å². The first-order chi connectivity index (χ1) is 12.9. The van der Waals surface area contributed by atoms with Crippen molar-refractivity contribution in [3.05, 3.63) is 64.7 Å². The van der Waals surface area contributed by atoms with Crippen LogP contribution >= 0.6 is 11.8 Å². The molecule has 1 N–H and O–H groups in total. The molecule has 1 atom stereocenters. The molecule has 0 aromatic heterocycles. The van der Waals surface area contributed by atoms with Crippen molar-refractivity contribution in [3.63, 3.8) is 0 Å². The zero-order valence-corrected chi connectivity index (χ0v) is 17.3. The lowest BCUT2D eigenvalue weighted by molar-refractivity contribution is -0.125. The molecule has 1 aromatic carbocycles. The highest BCUT2D eigenvalue weighted by atomic mass is 32.2. The molecule has 0 fully saturated rings. The Bertz CT molecular complexity index is 806. The predicted molar refractivity (Wildman–Crippen MR) is 114 cm³/mol. The van der Waals surface area contributed by atoms with Gasteiger partial charge in [-0.25, -0.2) is 0 Å². The van der Waals surface area contributed by atoms with Crippen LogP contribution in [0.4, 0.5) is 0 Å². The fourth-order valence-electron chi connectivity index (χ4n) is 4.25. The highest BCUT2D eigenvalue weighted by molar-refractivity contribution is 8.03. The second-order valence-corrected chi connectivity index (χ2v) is 9.08. The van der Waals surface area contributed by atoms with E-state index in [2.05, 4.69) is 57.7 Å². The van der Waals surface area contributed by atoms with Gasteiger partial charge in [-0.15, -0.1) is 18.3 Å². The second-order valence-electron chi connectivity index (χ2n) is 7.96. The fourth-order valence-corrected chi connectivity index (χ4v) is 5.08. The molecule has 2 aliphatic rings. The summed E-state index contributed by atoms with van der Waals surface area (Å²) in [6.07, 6.45) is 5.67. The molecule has 0 spiro atoms. The SMILES string of the molecule is C=CCN1C(=O)C2=C(c3ccccc3CC2(C)C)C(C)CC=C1SCCO. The number of hydrogen-bond donors (Lipinski definition) is 1. The Morgan fingerprint density at radius 1 is 1.37 bits per heavy atom. The smallest absolute Gasteiger partial charge is 0.255 e. The molecule has 4 heteroatoms. The number of hydrogen-bond acceptors (Lipinski definition) is 3. The first-order valence-corrected chi connectivity index (χ1v) is 10.6. The zero-order chi connectivity index (χ0) is 19.6. The van der Waals surface area contributed by atoms with Crippen molar-refractivity contribution in [1.82, 2.24) is 4.90 Å². The molecule has 1 aliphatic heterocycles. The van der Waals surface area contributed by atoms with Crippen molar-refractivity contribution in [2.45, 2.75) is 33.6 Å². The van der Waals surface area contributed by atoms with E-state index in [0.29, 0.717) is 12.3 Å². The van der Waals surface area contributed by atoms with Crippen molar-refractivity contribution >= 4 is 23.2 Å². The number of carbonyl (C=O) groups is 1. The number of benzene rings is 1. The molecule has 27 heavy (non-hydrogen) atoms. The molecule has 144 valence electrons. The molecule has 0 bridgehead atoms. The summed E-state index contributed by atoms with van der Waals surface area (Å²) >= 11 is 1.54. The minimum atomic E-state index is -0.224. The van der Waals surface area contributed by atoms with E-state index in [9.17, 15) is 9.90 Å². The highest BCUT2D eigenvalue weighted by Gasteiger charge is 2.41. The van der Waals surface area contributed by atoms with Crippen LogP contribution in [-0.2, 0) is 11.2 Å². The van der Waals surface area contributed by atoms with E-state index in [4.69, 9.17) is 0 Å². The summed E-state index contributed by atoms with van der Waals surface area (Å²) < 4.78 is 0. The lowest BCUT2D eigenvalue weighted by Gasteiger charge is -2.41. The van der Waals surface area contributed by atoms with Gasteiger partial charge in [-0.1, -0.05) is 57.2 Å². The van der Waals surface area contributed by atoms with Gasteiger partial charge in [-0.05, 0) is 40.9 Å². The molecular formula is C23H29NO2S. The van der Waals surface area contributed by atoms with Gasteiger partial charge in [-0.3, -0.25) is 9.69 Å². The van der Waals surface area contributed by atoms with E-state index < -0.39 is 0 Å².